The summed E-state index contributed by atoms with van der Waals surface area (Å²) in [6.07, 6.45) is 0.260. The first-order valence-electron chi connectivity index (χ1n) is 6.35. The molecule has 0 aliphatic heterocycles. The van der Waals surface area contributed by atoms with Gasteiger partial charge in [0, 0.05) is 24.1 Å². The molecule has 0 aliphatic carbocycles. The summed E-state index contributed by atoms with van der Waals surface area (Å²) in [5.41, 5.74) is 1.02. The lowest BCUT2D eigenvalue weighted by Crippen LogP contribution is -2.11. The lowest BCUT2D eigenvalue weighted by atomic mass is 10.2. The SMILES string of the molecule is CC(C)Oc1ccc(NCCS)cc1OC(C)C. The highest BCUT2D eigenvalue weighted by Gasteiger charge is 2.09. The van der Waals surface area contributed by atoms with E-state index in [-0.39, 0.29) is 12.2 Å². The topological polar surface area (TPSA) is 30.5 Å². The van der Waals surface area contributed by atoms with Crippen molar-refractivity contribution in [2.75, 3.05) is 17.6 Å². The molecule has 0 amide bonds. The summed E-state index contributed by atoms with van der Waals surface area (Å²) in [6, 6.07) is 5.91. The largest absolute Gasteiger partial charge is 0.487 e. The predicted octanol–water partition coefficient (Wildman–Crippen LogP) is 3.60. The number of ether oxygens (including phenoxy) is 2. The summed E-state index contributed by atoms with van der Waals surface area (Å²) in [5.74, 6) is 2.36. The zero-order valence-corrected chi connectivity index (χ0v) is 12.5. The van der Waals surface area contributed by atoms with E-state index in [2.05, 4.69) is 17.9 Å². The number of thiol groups is 1. The predicted molar refractivity (Wildman–Crippen MR) is 80.3 cm³/mol. The smallest absolute Gasteiger partial charge is 0.163 e. The van der Waals surface area contributed by atoms with Crippen LogP contribution in [0, 0.1) is 0 Å². The third-order valence-electron chi connectivity index (χ3n) is 2.11. The van der Waals surface area contributed by atoms with Gasteiger partial charge >= 0.3 is 0 Å². The number of anilines is 1. The molecule has 0 fully saturated rings. The Kier molecular flexibility index (Phi) is 6.19. The van der Waals surface area contributed by atoms with Crippen LogP contribution in [0.2, 0.25) is 0 Å². The van der Waals surface area contributed by atoms with Gasteiger partial charge in [-0.15, -0.1) is 0 Å². The van der Waals surface area contributed by atoms with Crippen LogP contribution >= 0.6 is 12.6 Å². The summed E-state index contributed by atoms with van der Waals surface area (Å²) in [7, 11) is 0. The molecule has 1 aromatic carbocycles. The van der Waals surface area contributed by atoms with E-state index in [0.29, 0.717) is 0 Å². The van der Waals surface area contributed by atoms with Crippen molar-refractivity contribution in [1.29, 1.82) is 0 Å². The molecule has 1 rings (SSSR count). The molecular formula is C14H23NO2S. The molecule has 1 aromatic rings. The van der Waals surface area contributed by atoms with Crippen molar-refractivity contribution in [1.82, 2.24) is 0 Å². The molecule has 102 valence electrons. The zero-order chi connectivity index (χ0) is 13.5. The Bertz CT molecular complexity index is 367. The van der Waals surface area contributed by atoms with Gasteiger partial charge in [-0.3, -0.25) is 0 Å². The standard InChI is InChI=1S/C14H23NO2S/c1-10(2)16-13-6-5-12(15-7-8-18)9-14(13)17-11(3)4/h5-6,9-11,15,18H,7-8H2,1-4H3. The second-order valence-electron chi connectivity index (χ2n) is 4.65. The molecule has 0 bridgehead atoms. The Morgan fingerprint density at radius 3 is 2.22 bits per heavy atom. The van der Waals surface area contributed by atoms with Crippen molar-refractivity contribution in [3.05, 3.63) is 18.2 Å². The fraction of sp³-hybridized carbons (Fsp3) is 0.571. The van der Waals surface area contributed by atoms with Crippen molar-refractivity contribution in [2.45, 2.75) is 39.9 Å². The van der Waals surface area contributed by atoms with E-state index in [1.807, 2.05) is 45.9 Å². The Balaban J connectivity index is 2.88. The van der Waals surface area contributed by atoms with Crippen molar-refractivity contribution < 1.29 is 9.47 Å². The number of hydrogen-bond donors (Lipinski definition) is 2. The van der Waals surface area contributed by atoms with E-state index in [1.165, 1.54) is 0 Å². The van der Waals surface area contributed by atoms with Crippen molar-refractivity contribution >= 4 is 18.3 Å². The molecule has 1 N–H and O–H groups in total. The molecule has 0 atom stereocenters. The summed E-state index contributed by atoms with van der Waals surface area (Å²) in [4.78, 5) is 0. The number of benzene rings is 1. The minimum absolute atomic E-state index is 0.125. The highest BCUT2D eigenvalue weighted by Crippen LogP contribution is 2.32. The highest BCUT2D eigenvalue weighted by molar-refractivity contribution is 7.80. The van der Waals surface area contributed by atoms with Gasteiger partial charge in [0.05, 0.1) is 12.2 Å². The molecule has 0 aliphatic rings. The molecule has 0 saturated carbocycles. The number of rotatable bonds is 7. The summed E-state index contributed by atoms with van der Waals surface area (Å²) in [5, 5.41) is 3.28. The van der Waals surface area contributed by atoms with Gasteiger partial charge in [0.2, 0.25) is 0 Å². The molecule has 0 unspecified atom stereocenters. The molecule has 4 heteroatoms. The van der Waals surface area contributed by atoms with Gasteiger partial charge in [-0.1, -0.05) is 0 Å². The van der Waals surface area contributed by atoms with Gasteiger partial charge < -0.3 is 14.8 Å². The van der Waals surface area contributed by atoms with Crippen molar-refractivity contribution in [2.24, 2.45) is 0 Å². The fourth-order valence-corrected chi connectivity index (χ4v) is 1.63. The molecule has 0 aromatic heterocycles. The zero-order valence-electron chi connectivity index (χ0n) is 11.6. The Morgan fingerprint density at radius 1 is 1.06 bits per heavy atom. The monoisotopic (exact) mass is 269 g/mol. The van der Waals surface area contributed by atoms with Crippen LogP contribution in [0.15, 0.2) is 18.2 Å². The maximum absolute atomic E-state index is 5.78. The highest BCUT2D eigenvalue weighted by atomic mass is 32.1. The normalized spacial score (nSPS) is 10.8. The first-order chi connectivity index (χ1) is 8.52. The third kappa shape index (κ3) is 5.08. The van der Waals surface area contributed by atoms with Gasteiger partial charge in [-0.25, -0.2) is 0 Å². The van der Waals surface area contributed by atoms with Gasteiger partial charge in [0.1, 0.15) is 0 Å². The fourth-order valence-electron chi connectivity index (χ4n) is 1.52. The quantitative estimate of drug-likeness (QED) is 0.741. The van der Waals surface area contributed by atoms with Crippen LogP contribution < -0.4 is 14.8 Å². The lowest BCUT2D eigenvalue weighted by Gasteiger charge is -2.18. The van der Waals surface area contributed by atoms with E-state index in [9.17, 15) is 0 Å². The Morgan fingerprint density at radius 2 is 1.67 bits per heavy atom. The van der Waals surface area contributed by atoms with E-state index < -0.39 is 0 Å². The molecule has 0 heterocycles. The minimum atomic E-state index is 0.125. The van der Waals surface area contributed by atoms with Crippen molar-refractivity contribution in [3.8, 4) is 11.5 Å². The van der Waals surface area contributed by atoms with Gasteiger partial charge in [-0.05, 0) is 39.8 Å². The van der Waals surface area contributed by atoms with Crippen LogP contribution in [0.5, 0.6) is 11.5 Å². The van der Waals surface area contributed by atoms with Gasteiger partial charge in [0.15, 0.2) is 11.5 Å². The second kappa shape index (κ2) is 7.41. The maximum atomic E-state index is 5.78. The van der Waals surface area contributed by atoms with E-state index >= 15 is 0 Å². The maximum Gasteiger partial charge on any atom is 0.163 e. The molecule has 0 radical (unpaired) electrons. The Labute approximate surface area is 115 Å². The molecule has 0 saturated heterocycles. The molecular weight excluding hydrogens is 246 g/mol. The van der Waals surface area contributed by atoms with Crippen LogP contribution in [0.25, 0.3) is 0 Å². The molecule has 0 spiro atoms. The van der Waals surface area contributed by atoms with E-state index in [4.69, 9.17) is 9.47 Å². The molecule has 18 heavy (non-hydrogen) atoms. The van der Waals surface area contributed by atoms with Gasteiger partial charge in [0.25, 0.3) is 0 Å². The van der Waals surface area contributed by atoms with Crippen LogP contribution in [0.3, 0.4) is 0 Å². The number of hydrogen-bond acceptors (Lipinski definition) is 4. The summed E-state index contributed by atoms with van der Waals surface area (Å²) >= 11 is 4.18. The minimum Gasteiger partial charge on any atom is -0.487 e. The van der Waals surface area contributed by atoms with Crippen LogP contribution in [0.1, 0.15) is 27.7 Å². The van der Waals surface area contributed by atoms with Gasteiger partial charge in [-0.2, -0.15) is 12.6 Å². The van der Waals surface area contributed by atoms with Crippen LogP contribution in [0.4, 0.5) is 5.69 Å². The first kappa shape index (κ1) is 15.0. The lowest BCUT2D eigenvalue weighted by molar-refractivity contribution is 0.199. The third-order valence-corrected chi connectivity index (χ3v) is 2.33. The second-order valence-corrected chi connectivity index (χ2v) is 5.09. The molecule has 3 nitrogen and oxygen atoms in total. The Hall–Kier alpha value is -1.03. The first-order valence-corrected chi connectivity index (χ1v) is 6.98. The average Bonchev–Trinajstić information content (AvgIpc) is 2.28. The van der Waals surface area contributed by atoms with E-state index in [0.717, 1.165) is 29.5 Å². The van der Waals surface area contributed by atoms with Crippen LogP contribution in [-0.4, -0.2) is 24.5 Å². The van der Waals surface area contributed by atoms with Crippen molar-refractivity contribution in [3.63, 3.8) is 0 Å². The summed E-state index contributed by atoms with van der Waals surface area (Å²) in [6.45, 7) is 8.85. The van der Waals surface area contributed by atoms with E-state index in [1.54, 1.807) is 0 Å². The average molecular weight is 269 g/mol. The summed E-state index contributed by atoms with van der Waals surface area (Å²) < 4.78 is 11.5. The van der Waals surface area contributed by atoms with Crippen LogP contribution in [-0.2, 0) is 0 Å². The number of nitrogens with one attached hydrogen (secondary N) is 1.